The van der Waals surface area contributed by atoms with E-state index in [1.54, 1.807) is 19.1 Å². The van der Waals surface area contributed by atoms with Gasteiger partial charge in [0, 0.05) is 17.8 Å². The van der Waals surface area contributed by atoms with Gasteiger partial charge in [0.05, 0.1) is 138 Å². The van der Waals surface area contributed by atoms with Crippen LogP contribution in [0.3, 0.4) is 0 Å². The topological polar surface area (TPSA) is 157 Å². The Labute approximate surface area is 309 Å². The maximum Gasteiger partial charge on any atom is 0.338 e. The van der Waals surface area contributed by atoms with Crippen LogP contribution in [0.2, 0.25) is 0 Å². The van der Waals surface area contributed by atoms with Gasteiger partial charge in [-0.25, -0.2) is 9.59 Å². The number of hydrogen-bond donors (Lipinski definition) is 1. The fourth-order valence-electron chi connectivity index (χ4n) is 3.81. The molecule has 0 heterocycles. The molecule has 0 aliphatic carbocycles. The molecule has 15 heteroatoms. The Bertz CT molecular complexity index is 982. The molecule has 1 rings (SSSR count). The van der Waals surface area contributed by atoms with E-state index >= 15 is 0 Å². The Morgan fingerprint density at radius 1 is 0.500 bits per heavy atom. The normalized spacial score (nSPS) is 11.1. The first-order valence-electron chi connectivity index (χ1n) is 18.2. The molecule has 0 spiro atoms. The van der Waals surface area contributed by atoms with Crippen molar-refractivity contribution in [2.75, 3.05) is 157 Å². The lowest BCUT2D eigenvalue weighted by Gasteiger charge is -2.09. The molecule has 0 radical (unpaired) electrons. The Morgan fingerprint density at radius 3 is 1.12 bits per heavy atom. The van der Waals surface area contributed by atoms with Gasteiger partial charge in [0.1, 0.15) is 13.2 Å². The number of rotatable bonds is 39. The van der Waals surface area contributed by atoms with Gasteiger partial charge in [0.15, 0.2) is 0 Å². The Balaban J connectivity index is 1.69. The van der Waals surface area contributed by atoms with E-state index in [0.717, 1.165) is 25.1 Å². The Hall–Kier alpha value is -2.70. The van der Waals surface area contributed by atoms with Crippen LogP contribution in [0.25, 0.3) is 0 Å². The van der Waals surface area contributed by atoms with E-state index in [-0.39, 0.29) is 19.2 Å². The summed E-state index contributed by atoms with van der Waals surface area (Å²) in [7, 11) is 0. The maximum atomic E-state index is 12.1. The zero-order chi connectivity index (χ0) is 37.6. The van der Waals surface area contributed by atoms with Crippen LogP contribution in [0.1, 0.15) is 37.0 Å². The number of hydrogen-bond acceptors (Lipinski definition) is 15. The van der Waals surface area contributed by atoms with E-state index in [4.69, 9.17) is 56.8 Å². The highest BCUT2D eigenvalue weighted by Crippen LogP contribution is 2.11. The standard InChI is InChI=1S/C37H63NO14/c1-4-5-10-38-35-8-6-34(7-9-35)37(40)52-32-30-50-28-26-48-24-22-46-20-18-44-16-14-42-12-11-41-13-15-43-17-19-45-21-23-47-25-27-49-29-31-51-36(39)33(2)3/h6-9,38H,2,4-5,10-32H2,1,3H3. The van der Waals surface area contributed by atoms with E-state index in [1.165, 1.54) is 0 Å². The van der Waals surface area contributed by atoms with Crippen molar-refractivity contribution < 1.29 is 66.4 Å². The molecule has 1 aromatic carbocycles. The van der Waals surface area contributed by atoms with Gasteiger partial charge in [-0.15, -0.1) is 0 Å². The Morgan fingerprint density at radius 2 is 0.808 bits per heavy atom. The van der Waals surface area contributed by atoms with Crippen molar-refractivity contribution in [1.82, 2.24) is 0 Å². The molecule has 0 aliphatic rings. The smallest absolute Gasteiger partial charge is 0.338 e. The third-order valence-corrected chi connectivity index (χ3v) is 6.60. The summed E-state index contributed by atoms with van der Waals surface area (Å²) in [6.07, 6.45) is 2.24. The first-order valence-corrected chi connectivity index (χ1v) is 18.2. The van der Waals surface area contributed by atoms with Crippen LogP contribution in [0.5, 0.6) is 0 Å². The molecule has 1 aromatic rings. The van der Waals surface area contributed by atoms with Crippen LogP contribution in [-0.2, 0) is 61.6 Å². The van der Waals surface area contributed by atoms with Crippen LogP contribution < -0.4 is 5.32 Å². The molecule has 0 amide bonds. The maximum absolute atomic E-state index is 12.1. The summed E-state index contributed by atoms with van der Waals surface area (Å²) < 4.78 is 64.6. The van der Waals surface area contributed by atoms with Gasteiger partial charge in [-0.2, -0.15) is 0 Å². The molecular formula is C37H63NO14. The lowest BCUT2D eigenvalue weighted by atomic mass is 10.2. The second kappa shape index (κ2) is 36.6. The highest BCUT2D eigenvalue weighted by molar-refractivity contribution is 5.89. The van der Waals surface area contributed by atoms with Crippen LogP contribution in [-0.4, -0.2) is 164 Å². The van der Waals surface area contributed by atoms with Crippen molar-refractivity contribution in [3.63, 3.8) is 0 Å². The van der Waals surface area contributed by atoms with Gasteiger partial charge >= 0.3 is 11.9 Å². The molecule has 0 bridgehead atoms. The fraction of sp³-hybridized carbons (Fsp3) is 0.730. The summed E-state index contributed by atoms with van der Waals surface area (Å²) in [4.78, 5) is 23.3. The zero-order valence-corrected chi connectivity index (χ0v) is 31.4. The molecule has 0 unspecified atom stereocenters. The van der Waals surface area contributed by atoms with Crippen molar-refractivity contribution in [1.29, 1.82) is 0 Å². The van der Waals surface area contributed by atoms with Crippen molar-refractivity contribution in [3.8, 4) is 0 Å². The van der Waals surface area contributed by atoms with Gasteiger partial charge in [0.2, 0.25) is 0 Å². The summed E-state index contributed by atoms with van der Waals surface area (Å²) in [5.41, 5.74) is 1.87. The molecule has 0 aliphatic heterocycles. The summed E-state index contributed by atoms with van der Waals surface area (Å²) in [5, 5.41) is 3.32. The third kappa shape index (κ3) is 30.9. The van der Waals surface area contributed by atoms with E-state index in [9.17, 15) is 9.59 Å². The van der Waals surface area contributed by atoms with Crippen molar-refractivity contribution in [2.45, 2.75) is 26.7 Å². The Kier molecular flexibility index (Phi) is 33.4. The van der Waals surface area contributed by atoms with Crippen LogP contribution >= 0.6 is 0 Å². The lowest BCUT2D eigenvalue weighted by molar-refractivity contribution is -0.140. The number of carbonyl (C=O) groups is 2. The van der Waals surface area contributed by atoms with Crippen LogP contribution in [0.15, 0.2) is 36.4 Å². The van der Waals surface area contributed by atoms with E-state index in [1.807, 2.05) is 12.1 Å². The zero-order valence-electron chi connectivity index (χ0n) is 31.4. The highest BCUT2D eigenvalue weighted by Gasteiger charge is 2.07. The number of ether oxygens (including phenoxy) is 12. The number of benzene rings is 1. The molecule has 1 N–H and O–H groups in total. The molecule has 0 saturated heterocycles. The van der Waals surface area contributed by atoms with E-state index in [2.05, 4.69) is 18.8 Å². The molecular weight excluding hydrogens is 682 g/mol. The predicted molar refractivity (Wildman–Crippen MR) is 194 cm³/mol. The minimum absolute atomic E-state index is 0.184. The van der Waals surface area contributed by atoms with Gasteiger partial charge in [-0.3, -0.25) is 0 Å². The molecule has 0 saturated carbocycles. The summed E-state index contributed by atoms with van der Waals surface area (Å²) in [6.45, 7) is 17.5. The molecule has 0 atom stereocenters. The second-order valence-corrected chi connectivity index (χ2v) is 11.0. The van der Waals surface area contributed by atoms with Crippen LogP contribution in [0.4, 0.5) is 5.69 Å². The number of carbonyl (C=O) groups excluding carboxylic acids is 2. The van der Waals surface area contributed by atoms with E-state index in [0.29, 0.717) is 143 Å². The molecule has 0 aromatic heterocycles. The van der Waals surface area contributed by atoms with Gasteiger partial charge in [0.25, 0.3) is 0 Å². The summed E-state index contributed by atoms with van der Waals surface area (Å²) >= 11 is 0. The number of esters is 2. The quantitative estimate of drug-likeness (QED) is 0.0594. The van der Waals surface area contributed by atoms with Crippen LogP contribution in [0, 0.1) is 0 Å². The molecule has 0 fully saturated rings. The highest BCUT2D eigenvalue weighted by atomic mass is 16.6. The fourth-order valence-corrected chi connectivity index (χ4v) is 3.81. The molecule has 15 nitrogen and oxygen atoms in total. The number of anilines is 1. The average molecular weight is 746 g/mol. The van der Waals surface area contributed by atoms with Crippen molar-refractivity contribution in [3.05, 3.63) is 42.0 Å². The summed E-state index contributed by atoms with van der Waals surface area (Å²) in [6, 6.07) is 7.28. The minimum atomic E-state index is -0.417. The largest absolute Gasteiger partial charge is 0.460 e. The van der Waals surface area contributed by atoms with Gasteiger partial charge in [-0.05, 0) is 37.6 Å². The SMILES string of the molecule is C=C(C)C(=O)OCCOCCOCCOCCOCCOCCOCCOCCOCCOCCOCCOC(=O)c1ccc(NCCCC)cc1. The molecule has 300 valence electrons. The summed E-state index contributed by atoms with van der Waals surface area (Å²) in [5.74, 6) is -0.783. The lowest BCUT2D eigenvalue weighted by Crippen LogP contribution is -2.16. The first-order chi connectivity index (χ1) is 25.5. The first kappa shape index (κ1) is 47.3. The van der Waals surface area contributed by atoms with Gasteiger partial charge in [-0.1, -0.05) is 19.9 Å². The van der Waals surface area contributed by atoms with E-state index < -0.39 is 5.97 Å². The van der Waals surface area contributed by atoms with Crippen molar-refractivity contribution in [2.24, 2.45) is 0 Å². The second-order valence-electron chi connectivity index (χ2n) is 11.0. The monoisotopic (exact) mass is 745 g/mol. The molecule has 52 heavy (non-hydrogen) atoms. The number of nitrogens with one attached hydrogen (secondary N) is 1. The third-order valence-electron chi connectivity index (χ3n) is 6.60. The average Bonchev–Trinajstić information content (AvgIpc) is 3.15. The predicted octanol–water partition coefficient (Wildman–Crippen LogP) is 3.34. The minimum Gasteiger partial charge on any atom is -0.460 e. The van der Waals surface area contributed by atoms with Gasteiger partial charge < -0.3 is 62.2 Å². The number of unbranched alkanes of at least 4 members (excludes halogenated alkanes) is 1. The van der Waals surface area contributed by atoms with Crippen molar-refractivity contribution >= 4 is 17.6 Å².